The molecule has 0 spiro atoms. The zero-order valence-corrected chi connectivity index (χ0v) is 20.5. The summed E-state index contributed by atoms with van der Waals surface area (Å²) in [5.74, 6) is 3.94. The highest BCUT2D eigenvalue weighted by Gasteiger charge is 2.33. The number of benzene rings is 1. The summed E-state index contributed by atoms with van der Waals surface area (Å²) in [5.41, 5.74) is 7.15. The molecule has 3 N–H and O–H groups in total. The van der Waals surface area contributed by atoms with Gasteiger partial charge in [0.25, 0.3) is 0 Å². The van der Waals surface area contributed by atoms with Gasteiger partial charge in [-0.2, -0.15) is 0 Å². The lowest BCUT2D eigenvalue weighted by atomic mass is 9.88. The van der Waals surface area contributed by atoms with Crippen LogP contribution in [0.25, 0.3) is 0 Å². The summed E-state index contributed by atoms with van der Waals surface area (Å²) in [6.07, 6.45) is 12.7. The number of methoxy groups -OCH3 is 1. The molecule has 31 heavy (non-hydrogen) atoms. The van der Waals surface area contributed by atoms with Gasteiger partial charge in [-0.3, -0.25) is 0 Å². The molecule has 1 aliphatic rings. The maximum Gasteiger partial charge on any atom is 0.161 e. The van der Waals surface area contributed by atoms with Gasteiger partial charge in [-0.15, -0.1) is 0 Å². The fourth-order valence-corrected chi connectivity index (χ4v) is 4.32. The van der Waals surface area contributed by atoms with Crippen molar-refractivity contribution in [2.45, 2.75) is 96.9 Å². The Balaban J connectivity index is 1.71. The third-order valence-electron chi connectivity index (χ3n) is 6.67. The SMILES string of the molecule is COc1cc(CCC(N)(CO)CC2CC2)ccc1OCCCCC(C)CCCC(C)C. The van der Waals surface area contributed by atoms with Crippen LogP contribution in [0.1, 0.15) is 90.5 Å². The monoisotopic (exact) mass is 433 g/mol. The number of rotatable bonds is 17. The zero-order valence-electron chi connectivity index (χ0n) is 20.5. The van der Waals surface area contributed by atoms with Crippen LogP contribution in [-0.2, 0) is 6.42 Å². The first-order valence-electron chi connectivity index (χ1n) is 12.5. The molecule has 2 rings (SSSR count). The minimum atomic E-state index is -0.463. The van der Waals surface area contributed by atoms with Crippen LogP contribution in [-0.4, -0.2) is 31.0 Å². The Morgan fingerprint density at radius 1 is 1.06 bits per heavy atom. The van der Waals surface area contributed by atoms with Gasteiger partial charge in [0.15, 0.2) is 11.5 Å². The molecule has 1 aromatic rings. The van der Waals surface area contributed by atoms with Gasteiger partial charge >= 0.3 is 0 Å². The summed E-state index contributed by atoms with van der Waals surface area (Å²) < 4.78 is 11.6. The maximum atomic E-state index is 9.75. The van der Waals surface area contributed by atoms with Crippen LogP contribution < -0.4 is 15.2 Å². The quantitative estimate of drug-likeness (QED) is 0.290. The van der Waals surface area contributed by atoms with E-state index in [1.807, 2.05) is 6.07 Å². The molecule has 0 aliphatic heterocycles. The van der Waals surface area contributed by atoms with Crippen molar-refractivity contribution in [1.82, 2.24) is 0 Å². The highest BCUT2D eigenvalue weighted by atomic mass is 16.5. The Hall–Kier alpha value is -1.26. The molecule has 1 fully saturated rings. The second kappa shape index (κ2) is 13.3. The third kappa shape index (κ3) is 10.3. The summed E-state index contributed by atoms with van der Waals surface area (Å²) in [6, 6.07) is 6.17. The van der Waals surface area contributed by atoms with Crippen molar-refractivity contribution in [3.63, 3.8) is 0 Å². The zero-order chi connectivity index (χ0) is 22.7. The van der Waals surface area contributed by atoms with Crippen LogP contribution in [0.4, 0.5) is 0 Å². The molecule has 4 heteroatoms. The fourth-order valence-electron chi connectivity index (χ4n) is 4.32. The lowest BCUT2D eigenvalue weighted by Crippen LogP contribution is -2.44. The van der Waals surface area contributed by atoms with E-state index in [9.17, 15) is 5.11 Å². The Kier molecular flexibility index (Phi) is 11.2. The second-order valence-electron chi connectivity index (χ2n) is 10.4. The van der Waals surface area contributed by atoms with Crippen molar-refractivity contribution in [1.29, 1.82) is 0 Å². The molecule has 0 bridgehead atoms. The molecular weight excluding hydrogens is 386 g/mol. The predicted molar refractivity (Wildman–Crippen MR) is 130 cm³/mol. The lowest BCUT2D eigenvalue weighted by molar-refractivity contribution is 0.172. The molecule has 2 atom stereocenters. The van der Waals surface area contributed by atoms with E-state index in [2.05, 4.69) is 32.9 Å². The van der Waals surface area contributed by atoms with Gasteiger partial charge in [0.2, 0.25) is 0 Å². The average Bonchev–Trinajstić information content (AvgIpc) is 3.56. The Morgan fingerprint density at radius 3 is 2.45 bits per heavy atom. The molecular formula is C27H47NO3. The van der Waals surface area contributed by atoms with Gasteiger partial charge < -0.3 is 20.3 Å². The number of hydrogen-bond acceptors (Lipinski definition) is 4. The van der Waals surface area contributed by atoms with Crippen molar-refractivity contribution in [3.8, 4) is 11.5 Å². The number of aryl methyl sites for hydroxylation is 1. The van der Waals surface area contributed by atoms with E-state index in [1.165, 1.54) is 50.5 Å². The highest BCUT2D eigenvalue weighted by Crippen LogP contribution is 2.37. The molecule has 4 nitrogen and oxygen atoms in total. The van der Waals surface area contributed by atoms with Gasteiger partial charge in [0, 0.05) is 5.54 Å². The minimum Gasteiger partial charge on any atom is -0.493 e. The average molecular weight is 434 g/mol. The summed E-state index contributed by atoms with van der Waals surface area (Å²) in [6.45, 7) is 7.77. The maximum absolute atomic E-state index is 9.75. The first-order valence-corrected chi connectivity index (χ1v) is 12.5. The normalized spacial score (nSPS) is 16.9. The number of nitrogens with two attached hydrogens (primary N) is 1. The summed E-state index contributed by atoms with van der Waals surface area (Å²) in [7, 11) is 1.69. The van der Waals surface area contributed by atoms with E-state index in [0.29, 0.717) is 5.92 Å². The first-order chi connectivity index (χ1) is 14.8. The smallest absolute Gasteiger partial charge is 0.161 e. The van der Waals surface area contributed by atoms with Crippen molar-refractivity contribution in [3.05, 3.63) is 23.8 Å². The number of aliphatic hydroxyl groups is 1. The lowest BCUT2D eigenvalue weighted by Gasteiger charge is -2.27. The van der Waals surface area contributed by atoms with Gasteiger partial charge in [-0.05, 0) is 67.6 Å². The Bertz CT molecular complexity index is 629. The Morgan fingerprint density at radius 2 is 1.81 bits per heavy atom. The van der Waals surface area contributed by atoms with Gasteiger partial charge in [-0.1, -0.05) is 65.4 Å². The molecule has 1 saturated carbocycles. The molecule has 0 radical (unpaired) electrons. The van der Waals surface area contributed by atoms with Crippen LogP contribution >= 0.6 is 0 Å². The van der Waals surface area contributed by atoms with Crippen molar-refractivity contribution in [2.75, 3.05) is 20.3 Å². The molecule has 0 saturated heterocycles. The van der Waals surface area contributed by atoms with E-state index in [0.717, 1.165) is 55.6 Å². The van der Waals surface area contributed by atoms with Crippen LogP contribution in [0.2, 0.25) is 0 Å². The third-order valence-corrected chi connectivity index (χ3v) is 6.67. The molecule has 178 valence electrons. The molecule has 0 amide bonds. The highest BCUT2D eigenvalue weighted by molar-refractivity contribution is 5.43. The molecule has 1 aromatic carbocycles. The van der Waals surface area contributed by atoms with Gasteiger partial charge in [0.1, 0.15) is 0 Å². The van der Waals surface area contributed by atoms with E-state index >= 15 is 0 Å². The Labute approximate surface area is 190 Å². The van der Waals surface area contributed by atoms with Gasteiger partial charge in [-0.25, -0.2) is 0 Å². The van der Waals surface area contributed by atoms with E-state index < -0.39 is 5.54 Å². The molecule has 1 aliphatic carbocycles. The van der Waals surface area contributed by atoms with Crippen molar-refractivity contribution < 1.29 is 14.6 Å². The summed E-state index contributed by atoms with van der Waals surface area (Å²) in [5, 5.41) is 9.75. The molecule has 0 heterocycles. The summed E-state index contributed by atoms with van der Waals surface area (Å²) in [4.78, 5) is 0. The fraction of sp³-hybridized carbons (Fsp3) is 0.778. The van der Waals surface area contributed by atoms with E-state index in [1.54, 1.807) is 7.11 Å². The summed E-state index contributed by atoms with van der Waals surface area (Å²) >= 11 is 0. The van der Waals surface area contributed by atoms with E-state index in [4.69, 9.17) is 15.2 Å². The van der Waals surface area contributed by atoms with Crippen molar-refractivity contribution >= 4 is 0 Å². The van der Waals surface area contributed by atoms with Crippen LogP contribution in [0.3, 0.4) is 0 Å². The molecule has 0 aromatic heterocycles. The number of aliphatic hydroxyl groups excluding tert-OH is 1. The number of hydrogen-bond donors (Lipinski definition) is 2. The van der Waals surface area contributed by atoms with Gasteiger partial charge in [0.05, 0.1) is 20.3 Å². The van der Waals surface area contributed by atoms with Crippen LogP contribution in [0.5, 0.6) is 11.5 Å². The number of ether oxygens (including phenoxy) is 2. The standard InChI is InChI=1S/C27H47NO3/c1-21(2)8-7-10-22(3)9-5-6-17-31-25-14-13-23(18-26(25)30-4)15-16-27(28,20-29)19-24-11-12-24/h13-14,18,21-22,24,29H,5-12,15-17,19-20,28H2,1-4H3. The number of unbranched alkanes of at least 4 members (excludes halogenated alkanes) is 1. The molecule has 2 unspecified atom stereocenters. The topological polar surface area (TPSA) is 64.7 Å². The second-order valence-corrected chi connectivity index (χ2v) is 10.4. The van der Waals surface area contributed by atoms with Crippen LogP contribution in [0.15, 0.2) is 18.2 Å². The van der Waals surface area contributed by atoms with E-state index in [-0.39, 0.29) is 6.61 Å². The van der Waals surface area contributed by atoms with Crippen LogP contribution in [0, 0.1) is 17.8 Å². The largest absolute Gasteiger partial charge is 0.493 e. The van der Waals surface area contributed by atoms with Crippen molar-refractivity contribution in [2.24, 2.45) is 23.5 Å². The first kappa shape index (κ1) is 26.0. The minimum absolute atomic E-state index is 0.0537. The predicted octanol–water partition coefficient (Wildman–Crippen LogP) is 6.13.